The van der Waals surface area contributed by atoms with E-state index in [2.05, 4.69) is 0 Å². The standard InChI is InChI=1S/C17H16O4.C10H10O4.C9H8O4.C9H8O3/c18-15-8-6-14(12-16(15)19)7-9-17(20)21-11-10-13-4-2-1-3-5-13;11-6-8-5-7(1-3-9(8)12)2-4-10(13)14;10-7-3-1-6(5-8(7)11)2-4-9(12)13;10-8-4-1-7(2-5-8)3-6-9(11)12/h1-9,12,18-19H,10-11H2;1-5,11-12H,6H2,(H,13,14);1-5,10-11H,(H,12,13);1-6,10H,(H,11,12)/b9-7+;2*4-2+;6-3+. The van der Waals surface area contributed by atoms with E-state index in [1.54, 1.807) is 24.3 Å². The van der Waals surface area contributed by atoms with Crippen LogP contribution in [-0.4, -0.2) is 81.5 Å². The van der Waals surface area contributed by atoms with Crippen LogP contribution in [0, 0.1) is 0 Å². The summed E-state index contributed by atoms with van der Waals surface area (Å²) < 4.78 is 5.08. The first kappa shape index (κ1) is 47.9. The van der Waals surface area contributed by atoms with Crippen molar-refractivity contribution < 1.29 is 75.0 Å². The summed E-state index contributed by atoms with van der Waals surface area (Å²) in [5.74, 6) is -4.28. The van der Waals surface area contributed by atoms with Crippen LogP contribution >= 0.6 is 0 Å². The van der Waals surface area contributed by atoms with E-state index in [0.29, 0.717) is 35.3 Å². The van der Waals surface area contributed by atoms with Crippen molar-refractivity contribution in [2.24, 2.45) is 0 Å². The number of hydrogen-bond acceptors (Lipinski definition) is 12. The van der Waals surface area contributed by atoms with Gasteiger partial charge in [-0.2, -0.15) is 0 Å². The summed E-state index contributed by atoms with van der Waals surface area (Å²) in [6, 6.07) is 28.9. The third-order valence-electron chi connectivity index (χ3n) is 7.31. The predicted molar refractivity (Wildman–Crippen MR) is 222 cm³/mol. The summed E-state index contributed by atoms with van der Waals surface area (Å²) >= 11 is 0. The maximum absolute atomic E-state index is 11.5. The number of esters is 1. The minimum absolute atomic E-state index is 0.0000231. The van der Waals surface area contributed by atoms with Gasteiger partial charge in [-0.1, -0.05) is 60.7 Å². The number of carboxylic acid groups (broad SMARTS) is 3. The zero-order chi connectivity index (χ0) is 44.5. The number of carboxylic acids is 3. The Bertz CT molecular complexity index is 2290. The van der Waals surface area contributed by atoms with E-state index in [9.17, 15) is 34.5 Å². The highest BCUT2D eigenvalue weighted by Crippen LogP contribution is 2.26. The number of benzene rings is 5. The van der Waals surface area contributed by atoms with Crippen LogP contribution in [0.5, 0.6) is 34.5 Å². The highest BCUT2D eigenvalue weighted by Gasteiger charge is 2.02. The van der Waals surface area contributed by atoms with Crippen LogP contribution in [0.1, 0.15) is 33.4 Å². The van der Waals surface area contributed by atoms with Crippen molar-refractivity contribution in [2.45, 2.75) is 13.0 Å². The molecular weight excluding hydrogens is 780 g/mol. The van der Waals surface area contributed by atoms with Gasteiger partial charge in [0.2, 0.25) is 0 Å². The zero-order valence-corrected chi connectivity index (χ0v) is 31.6. The monoisotopic (exact) mass is 822 g/mol. The van der Waals surface area contributed by atoms with E-state index in [4.69, 9.17) is 40.5 Å². The molecule has 15 nitrogen and oxygen atoms in total. The fraction of sp³-hybridized carbons (Fsp3) is 0.0667. The highest BCUT2D eigenvalue weighted by atomic mass is 16.5. The fourth-order valence-corrected chi connectivity index (χ4v) is 4.34. The molecule has 10 N–H and O–H groups in total. The van der Waals surface area contributed by atoms with Crippen LogP contribution in [0.4, 0.5) is 0 Å². The minimum Gasteiger partial charge on any atom is -0.508 e. The van der Waals surface area contributed by atoms with Gasteiger partial charge >= 0.3 is 23.9 Å². The lowest BCUT2D eigenvalue weighted by atomic mass is 10.1. The van der Waals surface area contributed by atoms with Crippen LogP contribution in [-0.2, 0) is 36.9 Å². The minimum atomic E-state index is -1.06. The molecule has 0 radical (unpaired) electrons. The molecule has 0 saturated heterocycles. The number of ether oxygens (including phenoxy) is 1. The van der Waals surface area contributed by atoms with Crippen molar-refractivity contribution in [3.63, 3.8) is 0 Å². The van der Waals surface area contributed by atoms with Gasteiger partial charge in [-0.3, -0.25) is 0 Å². The maximum atomic E-state index is 11.5. The van der Waals surface area contributed by atoms with Gasteiger partial charge in [-0.25, -0.2) is 19.2 Å². The average molecular weight is 823 g/mol. The summed E-state index contributed by atoms with van der Waals surface area (Å²) in [4.78, 5) is 42.0. The molecule has 0 aromatic heterocycles. The molecule has 0 heterocycles. The van der Waals surface area contributed by atoms with Crippen LogP contribution in [0.3, 0.4) is 0 Å². The van der Waals surface area contributed by atoms with Crippen molar-refractivity contribution in [1.82, 2.24) is 0 Å². The molecule has 60 heavy (non-hydrogen) atoms. The third kappa shape index (κ3) is 20.0. The number of aliphatic hydroxyl groups is 1. The van der Waals surface area contributed by atoms with Crippen LogP contribution in [0.2, 0.25) is 0 Å². The van der Waals surface area contributed by atoms with E-state index >= 15 is 0 Å². The molecule has 5 rings (SSSR count). The number of hydrogen-bond donors (Lipinski definition) is 10. The Hall–Kier alpha value is -8.30. The van der Waals surface area contributed by atoms with Crippen LogP contribution < -0.4 is 0 Å². The Morgan fingerprint density at radius 2 is 0.883 bits per heavy atom. The Labute approximate surface area is 343 Å². The van der Waals surface area contributed by atoms with Crippen LogP contribution in [0.15, 0.2) is 133 Å². The number of carbonyl (C=O) groups is 4. The molecule has 312 valence electrons. The second kappa shape index (κ2) is 25.8. The van der Waals surface area contributed by atoms with E-state index in [-0.39, 0.29) is 41.1 Å². The summed E-state index contributed by atoms with van der Waals surface area (Å²) in [6.45, 7) is 0.0363. The Balaban J connectivity index is 0.000000284. The Kier molecular flexibility index (Phi) is 20.6. The normalized spacial score (nSPS) is 10.6. The molecule has 0 spiro atoms. The van der Waals surface area contributed by atoms with Crippen molar-refractivity contribution >= 4 is 48.2 Å². The van der Waals surface area contributed by atoms with Crippen molar-refractivity contribution in [2.75, 3.05) is 6.61 Å². The van der Waals surface area contributed by atoms with E-state index in [1.807, 2.05) is 30.3 Å². The second-order valence-corrected chi connectivity index (χ2v) is 11.9. The first-order valence-corrected chi connectivity index (χ1v) is 17.4. The molecule has 15 heteroatoms. The lowest BCUT2D eigenvalue weighted by molar-refractivity contribution is -0.137. The molecule has 5 aromatic carbocycles. The maximum Gasteiger partial charge on any atom is 0.330 e. The number of carbonyl (C=O) groups excluding carboxylic acids is 1. The van der Waals surface area contributed by atoms with Gasteiger partial charge in [-0.05, 0) is 101 Å². The molecule has 0 amide bonds. The van der Waals surface area contributed by atoms with Gasteiger partial charge in [-0.15, -0.1) is 0 Å². The quantitative estimate of drug-likeness (QED) is 0.0362. The second-order valence-electron chi connectivity index (χ2n) is 11.9. The summed E-state index contributed by atoms with van der Waals surface area (Å²) in [6.07, 6.45) is 10.6. The molecule has 0 unspecified atom stereocenters. The van der Waals surface area contributed by atoms with Gasteiger partial charge in [0.15, 0.2) is 23.0 Å². The van der Waals surface area contributed by atoms with E-state index in [1.165, 1.54) is 85.0 Å². The number of aliphatic carboxylic acids is 3. The number of rotatable bonds is 12. The molecule has 0 atom stereocenters. The third-order valence-corrected chi connectivity index (χ3v) is 7.31. The largest absolute Gasteiger partial charge is 0.508 e. The van der Waals surface area contributed by atoms with Crippen LogP contribution in [0.25, 0.3) is 24.3 Å². The summed E-state index contributed by atoms with van der Waals surface area (Å²) in [5.41, 5.74) is 3.96. The highest BCUT2D eigenvalue weighted by molar-refractivity contribution is 5.87. The van der Waals surface area contributed by atoms with Gasteiger partial charge in [0, 0.05) is 36.3 Å². The van der Waals surface area contributed by atoms with E-state index < -0.39 is 23.9 Å². The molecule has 0 bridgehead atoms. The van der Waals surface area contributed by atoms with Crippen molar-refractivity contribution in [1.29, 1.82) is 0 Å². The lowest BCUT2D eigenvalue weighted by Gasteiger charge is -2.02. The predicted octanol–water partition coefficient (Wildman–Crippen LogP) is 6.56. The van der Waals surface area contributed by atoms with Gasteiger partial charge in [0.25, 0.3) is 0 Å². The molecule has 5 aromatic rings. The van der Waals surface area contributed by atoms with Crippen molar-refractivity contribution in [3.05, 3.63) is 167 Å². The van der Waals surface area contributed by atoms with E-state index in [0.717, 1.165) is 29.4 Å². The molecule has 0 aliphatic carbocycles. The first-order valence-electron chi connectivity index (χ1n) is 17.4. The Morgan fingerprint density at radius 3 is 1.33 bits per heavy atom. The number of aliphatic hydroxyl groups excluding tert-OH is 1. The smallest absolute Gasteiger partial charge is 0.330 e. The van der Waals surface area contributed by atoms with Gasteiger partial charge in [0.05, 0.1) is 13.2 Å². The lowest BCUT2D eigenvalue weighted by Crippen LogP contribution is -2.04. The molecule has 0 saturated carbocycles. The Morgan fingerprint density at radius 1 is 0.467 bits per heavy atom. The molecular formula is C45H42O15. The van der Waals surface area contributed by atoms with Gasteiger partial charge < -0.3 is 55.8 Å². The number of phenols is 6. The van der Waals surface area contributed by atoms with Gasteiger partial charge in [0.1, 0.15) is 11.5 Å². The fourth-order valence-electron chi connectivity index (χ4n) is 4.34. The molecule has 0 aliphatic rings. The summed E-state index contributed by atoms with van der Waals surface area (Å²) in [5, 5.41) is 88.4. The topological polar surface area (TPSA) is 280 Å². The average Bonchev–Trinajstić information content (AvgIpc) is 3.22. The molecule has 0 fully saturated rings. The summed E-state index contributed by atoms with van der Waals surface area (Å²) in [7, 11) is 0. The molecule has 0 aliphatic heterocycles. The first-order chi connectivity index (χ1) is 28.6. The number of aromatic hydroxyl groups is 6. The SMILES string of the molecule is O=C(/C=C/c1ccc(O)c(O)c1)OCCc1ccccc1.O=C(O)/C=C/c1ccc(O)c(CO)c1.O=C(O)/C=C/c1ccc(O)c(O)c1.O=C(O)/C=C/c1ccc(O)cc1. The van der Waals surface area contributed by atoms with Crippen molar-refractivity contribution in [3.8, 4) is 34.5 Å². The zero-order valence-electron chi connectivity index (χ0n) is 31.6. The number of phenolic OH excluding ortho intramolecular Hbond substituents is 5.